The van der Waals surface area contributed by atoms with Crippen LogP contribution in [-0.4, -0.2) is 79.8 Å². The molecule has 0 unspecified atom stereocenters. The summed E-state index contributed by atoms with van der Waals surface area (Å²) < 4.78 is 0.939. The molecule has 2 aliphatic rings. The number of fused-ring (bicyclic) bond motifs is 2. The summed E-state index contributed by atoms with van der Waals surface area (Å²) in [6.45, 7) is 5.50. The molecule has 51 heavy (non-hydrogen) atoms. The first-order valence-electron chi connectivity index (χ1n) is 17.1. The summed E-state index contributed by atoms with van der Waals surface area (Å²) in [4.78, 5) is 47.7. The zero-order chi connectivity index (χ0) is 34.9. The lowest BCUT2D eigenvalue weighted by Crippen LogP contribution is -3.00. The van der Waals surface area contributed by atoms with Gasteiger partial charge >= 0.3 is 0 Å². The molecule has 6 rings (SSSR count). The molecule has 1 fully saturated rings. The van der Waals surface area contributed by atoms with E-state index in [1.807, 2.05) is 41.3 Å². The number of amides is 2. The zero-order valence-electron chi connectivity index (χ0n) is 28.7. The molecule has 2 amide bonds. The van der Waals surface area contributed by atoms with Gasteiger partial charge < -0.3 is 43.6 Å². The number of azide groups is 1. The number of anilines is 2. The van der Waals surface area contributed by atoms with Gasteiger partial charge in [0.2, 0.25) is 11.8 Å². The average Bonchev–Trinajstić information content (AvgIpc) is 3.13. The van der Waals surface area contributed by atoms with E-state index in [1.165, 1.54) is 10.6 Å². The van der Waals surface area contributed by atoms with E-state index in [9.17, 15) is 14.4 Å². The van der Waals surface area contributed by atoms with Gasteiger partial charge in [0.15, 0.2) is 5.78 Å². The van der Waals surface area contributed by atoms with Gasteiger partial charge in [0.25, 0.3) is 0 Å². The number of unbranched alkanes of at least 4 members (excludes halogenated alkanes) is 1. The smallest absolute Gasteiger partial charge is 0.224 e. The van der Waals surface area contributed by atoms with Crippen LogP contribution in [0.15, 0.2) is 112 Å². The van der Waals surface area contributed by atoms with Crippen molar-refractivity contribution in [3.8, 4) is 0 Å². The van der Waals surface area contributed by atoms with Gasteiger partial charge in [-0.15, -0.1) is 0 Å². The number of para-hydroxylation sites is 1. The maximum Gasteiger partial charge on any atom is 0.224 e. The molecule has 0 radical (unpaired) electrons. The predicted molar refractivity (Wildman–Crippen MR) is 197 cm³/mol. The Morgan fingerprint density at radius 1 is 0.863 bits per heavy atom. The van der Waals surface area contributed by atoms with Crippen LogP contribution in [0.3, 0.4) is 0 Å². The van der Waals surface area contributed by atoms with Crippen molar-refractivity contribution in [1.29, 1.82) is 0 Å². The van der Waals surface area contributed by atoms with Crippen LogP contribution >= 0.6 is 11.8 Å². The fourth-order valence-electron chi connectivity index (χ4n) is 6.61. The molecular weight excluding hydrogens is 773 g/mol. The molecule has 12 heteroatoms. The van der Waals surface area contributed by atoms with Crippen LogP contribution in [0.2, 0.25) is 0 Å². The number of hydrogen-bond acceptors (Lipinski definition) is 6. The van der Waals surface area contributed by atoms with Crippen LogP contribution in [-0.2, 0) is 16.0 Å². The number of quaternary nitrogens is 1. The molecule has 264 valence electrons. The van der Waals surface area contributed by atoms with E-state index >= 15 is 0 Å². The van der Waals surface area contributed by atoms with Crippen molar-refractivity contribution < 1.29 is 42.8 Å². The highest BCUT2D eigenvalue weighted by molar-refractivity contribution is 7.99. The largest absolute Gasteiger partial charge is 1.00 e. The molecule has 4 aromatic rings. The monoisotopic (exact) mass is 815 g/mol. The third-order valence-corrected chi connectivity index (χ3v) is 10.7. The van der Waals surface area contributed by atoms with Crippen molar-refractivity contribution >= 4 is 46.4 Å². The maximum absolute atomic E-state index is 13.0. The molecule has 1 saturated heterocycles. The highest BCUT2D eigenvalue weighted by atomic mass is 127. The molecular formula is C39H42IN7O3S. The molecule has 0 saturated carbocycles. The number of carbonyl (C=O) groups is 3. The number of nitrogens with one attached hydrogen (secondary N) is 1. The second kappa shape index (κ2) is 17.7. The Hall–Kier alpha value is -4.36. The molecule has 2 aliphatic heterocycles. The van der Waals surface area contributed by atoms with Gasteiger partial charge in [0.1, 0.15) is 0 Å². The van der Waals surface area contributed by atoms with E-state index in [2.05, 4.69) is 51.6 Å². The summed E-state index contributed by atoms with van der Waals surface area (Å²) in [5.74, 6) is -0.118. The minimum absolute atomic E-state index is 0. The Morgan fingerprint density at radius 3 is 2.29 bits per heavy atom. The number of nitrogens with zero attached hydrogens (tertiary/aromatic N) is 6. The van der Waals surface area contributed by atoms with Crippen molar-refractivity contribution in [2.75, 3.05) is 57.8 Å². The zero-order valence-corrected chi connectivity index (χ0v) is 31.7. The number of rotatable bonds is 13. The topological polar surface area (TPSA) is 118 Å². The third-order valence-electron chi connectivity index (χ3n) is 9.55. The lowest BCUT2D eigenvalue weighted by Gasteiger charge is -2.42. The van der Waals surface area contributed by atoms with Gasteiger partial charge in [0.05, 0.1) is 57.6 Å². The van der Waals surface area contributed by atoms with Crippen molar-refractivity contribution in [1.82, 2.24) is 10.2 Å². The van der Waals surface area contributed by atoms with E-state index in [0.29, 0.717) is 23.4 Å². The normalized spacial score (nSPS) is 14.3. The summed E-state index contributed by atoms with van der Waals surface area (Å²) in [6, 6.07) is 30.5. The van der Waals surface area contributed by atoms with Gasteiger partial charge in [-0.05, 0) is 48.2 Å². The SMILES string of the molecule is C[N+]1(CCCCN2c3ccccc3Sc3cc(N=[N+]=[N-])ccc32)CCN(C(=O)CCNC(=O)Cc2ccc(C(=O)c3ccccc3)cc2)CC1.[I-]. The highest BCUT2D eigenvalue weighted by Crippen LogP contribution is 2.49. The van der Waals surface area contributed by atoms with E-state index in [0.717, 1.165) is 72.7 Å². The predicted octanol–water partition coefficient (Wildman–Crippen LogP) is 4.28. The Balaban J connectivity index is 0.00000504. The van der Waals surface area contributed by atoms with Crippen LogP contribution in [0.25, 0.3) is 10.4 Å². The highest BCUT2D eigenvalue weighted by Gasteiger charge is 2.31. The number of likely N-dealkylation sites (N-methyl/N-ethyl adjacent to an activating group) is 1. The van der Waals surface area contributed by atoms with E-state index < -0.39 is 0 Å². The quantitative estimate of drug-likeness (QED) is 0.0412. The fourth-order valence-corrected chi connectivity index (χ4v) is 7.74. The van der Waals surface area contributed by atoms with Crippen molar-refractivity contribution in [3.05, 3.63) is 124 Å². The van der Waals surface area contributed by atoms with Crippen molar-refractivity contribution in [3.63, 3.8) is 0 Å². The number of carbonyl (C=O) groups excluding carboxylic acids is 3. The van der Waals surface area contributed by atoms with Gasteiger partial charge in [-0.2, -0.15) is 0 Å². The molecule has 0 aromatic heterocycles. The average molecular weight is 816 g/mol. The molecule has 4 aromatic carbocycles. The van der Waals surface area contributed by atoms with Crippen LogP contribution in [0.5, 0.6) is 0 Å². The minimum Gasteiger partial charge on any atom is -1.00 e. The summed E-state index contributed by atoms with van der Waals surface area (Å²) in [7, 11) is 2.28. The summed E-state index contributed by atoms with van der Waals surface area (Å²) in [5.41, 5.74) is 13.9. The first-order valence-corrected chi connectivity index (χ1v) is 17.9. The Morgan fingerprint density at radius 2 is 1.55 bits per heavy atom. The van der Waals surface area contributed by atoms with Crippen LogP contribution in [0.1, 0.15) is 40.7 Å². The molecule has 0 bridgehead atoms. The van der Waals surface area contributed by atoms with Crippen LogP contribution < -0.4 is 34.2 Å². The fraction of sp³-hybridized carbons (Fsp3) is 0.308. The molecule has 2 heterocycles. The molecule has 1 N–H and O–H groups in total. The van der Waals surface area contributed by atoms with Gasteiger partial charge in [-0.1, -0.05) is 89.7 Å². The Kier molecular flexibility index (Phi) is 13.2. The van der Waals surface area contributed by atoms with Crippen molar-refractivity contribution in [2.24, 2.45) is 5.11 Å². The summed E-state index contributed by atoms with van der Waals surface area (Å²) in [6.07, 6.45) is 2.58. The number of hydrogen-bond donors (Lipinski definition) is 1. The number of ketones is 1. The Bertz CT molecular complexity index is 1890. The third kappa shape index (κ3) is 9.70. The lowest BCUT2D eigenvalue weighted by atomic mass is 10.0. The number of benzene rings is 4. The second-order valence-electron chi connectivity index (χ2n) is 13.1. The van der Waals surface area contributed by atoms with E-state index in [-0.39, 0.29) is 54.4 Å². The standard InChI is InChI=1S/C39H41N7O3S.HI/c1-46(24-8-7-21-45-33-11-5-6-12-35(33)50-36-28-32(42-43-40)17-18-34(36)45)25-22-44(23-26-46)38(48)19-20-41-37(47)27-29-13-15-31(16-14-29)39(49)30-9-3-2-4-10-30;/h2-6,9-18,28H,7-8,19-27H2,1H3;1H. The van der Waals surface area contributed by atoms with Gasteiger partial charge in [0, 0.05) is 51.0 Å². The second-order valence-corrected chi connectivity index (χ2v) is 14.2. The molecule has 0 aliphatic carbocycles. The molecule has 0 atom stereocenters. The lowest BCUT2D eigenvalue weighted by molar-refractivity contribution is -0.913. The van der Waals surface area contributed by atoms with E-state index in [4.69, 9.17) is 5.53 Å². The maximum atomic E-state index is 13.0. The van der Waals surface area contributed by atoms with E-state index in [1.54, 1.807) is 48.2 Å². The minimum atomic E-state index is -0.143. The first-order chi connectivity index (χ1) is 24.3. The van der Waals surface area contributed by atoms with Crippen LogP contribution in [0, 0.1) is 0 Å². The van der Waals surface area contributed by atoms with Crippen molar-refractivity contribution in [2.45, 2.75) is 35.5 Å². The molecule has 0 spiro atoms. The summed E-state index contributed by atoms with van der Waals surface area (Å²) >= 11 is 1.71. The van der Waals surface area contributed by atoms with Gasteiger partial charge in [-0.3, -0.25) is 14.4 Å². The van der Waals surface area contributed by atoms with Crippen LogP contribution in [0.4, 0.5) is 17.1 Å². The first kappa shape index (κ1) is 37.9. The summed E-state index contributed by atoms with van der Waals surface area (Å²) in [5, 5.41) is 6.67. The molecule has 10 nitrogen and oxygen atoms in total. The number of piperazine rings is 1. The Labute approximate surface area is 320 Å². The van der Waals surface area contributed by atoms with Gasteiger partial charge in [-0.25, -0.2) is 0 Å². The number of halogens is 1.